The van der Waals surface area contributed by atoms with Gasteiger partial charge in [-0.05, 0) is 67.8 Å². The molecule has 0 spiro atoms. The Kier molecular flexibility index (Phi) is 7.81. The van der Waals surface area contributed by atoms with Gasteiger partial charge in [-0.3, -0.25) is 34.4 Å². The van der Waals surface area contributed by atoms with Crippen LogP contribution in [-0.2, 0) is 27.3 Å². The molecule has 0 aromatic heterocycles. The summed E-state index contributed by atoms with van der Waals surface area (Å²) in [7, 11) is 0. The van der Waals surface area contributed by atoms with Crippen LogP contribution in [0.1, 0.15) is 60.7 Å². The number of imide groups is 1. The number of carbonyl (C=O) groups excluding carboxylic acids is 4. The minimum absolute atomic E-state index is 0.187. The van der Waals surface area contributed by atoms with Gasteiger partial charge in [0.1, 0.15) is 11.6 Å². The molecule has 3 fully saturated rings. The molecule has 4 aliphatic heterocycles. The molecular formula is C36H41N5O5. The van der Waals surface area contributed by atoms with Crippen molar-refractivity contribution in [1.29, 1.82) is 0 Å². The van der Waals surface area contributed by atoms with E-state index in [1.165, 1.54) is 11.1 Å². The first-order valence-electron chi connectivity index (χ1n) is 16.3. The molecule has 4 aliphatic rings. The maximum Gasteiger partial charge on any atom is 0.410 e. The van der Waals surface area contributed by atoms with Gasteiger partial charge in [0.15, 0.2) is 0 Å². The second kappa shape index (κ2) is 11.8. The molecule has 3 aromatic rings. The van der Waals surface area contributed by atoms with Crippen molar-refractivity contribution in [3.05, 3.63) is 76.9 Å². The average Bonchev–Trinajstić information content (AvgIpc) is 3.28. The van der Waals surface area contributed by atoms with Gasteiger partial charge in [0.2, 0.25) is 11.8 Å². The molecule has 4 heterocycles. The zero-order chi connectivity index (χ0) is 32.2. The van der Waals surface area contributed by atoms with E-state index in [4.69, 9.17) is 4.74 Å². The normalized spacial score (nSPS) is 21.1. The van der Waals surface area contributed by atoms with Gasteiger partial charge in [-0.25, -0.2) is 4.79 Å². The Morgan fingerprint density at radius 2 is 1.63 bits per heavy atom. The molecule has 4 amide bonds. The summed E-state index contributed by atoms with van der Waals surface area (Å²) in [6, 6.07) is 18.4. The Bertz CT molecular complexity index is 1700. The number of likely N-dealkylation sites (tertiary alicyclic amines) is 1. The van der Waals surface area contributed by atoms with E-state index in [1.807, 2.05) is 49.9 Å². The van der Waals surface area contributed by atoms with Gasteiger partial charge in [0.25, 0.3) is 5.91 Å². The van der Waals surface area contributed by atoms with E-state index < -0.39 is 17.6 Å². The highest BCUT2D eigenvalue weighted by Gasteiger charge is 2.41. The molecule has 3 aromatic carbocycles. The summed E-state index contributed by atoms with van der Waals surface area (Å²) in [5.74, 6) is -0.896. The molecule has 46 heavy (non-hydrogen) atoms. The predicted octanol–water partition coefficient (Wildman–Crippen LogP) is 3.93. The van der Waals surface area contributed by atoms with Crippen molar-refractivity contribution in [2.45, 2.75) is 64.3 Å². The molecule has 240 valence electrons. The fourth-order valence-electron chi connectivity index (χ4n) is 7.20. The second-order valence-corrected chi connectivity index (χ2v) is 14.0. The summed E-state index contributed by atoms with van der Waals surface area (Å²) >= 11 is 0. The molecule has 3 saturated heterocycles. The molecule has 1 N–H and O–H groups in total. The molecule has 0 bridgehead atoms. The Morgan fingerprint density at radius 3 is 2.33 bits per heavy atom. The lowest BCUT2D eigenvalue weighted by Gasteiger charge is -2.48. The monoisotopic (exact) mass is 623 g/mol. The molecule has 1 unspecified atom stereocenters. The average molecular weight is 624 g/mol. The Hall–Kier alpha value is -4.28. The smallest absolute Gasteiger partial charge is 0.410 e. The lowest BCUT2D eigenvalue weighted by Crippen LogP contribution is -2.63. The summed E-state index contributed by atoms with van der Waals surface area (Å²) in [5, 5.41) is 4.28. The van der Waals surface area contributed by atoms with Crippen LogP contribution < -0.4 is 10.2 Å². The Labute approximate surface area is 269 Å². The van der Waals surface area contributed by atoms with E-state index in [0.717, 1.165) is 61.2 Å². The van der Waals surface area contributed by atoms with Gasteiger partial charge in [-0.1, -0.05) is 42.5 Å². The van der Waals surface area contributed by atoms with Crippen LogP contribution in [0.4, 0.5) is 10.5 Å². The number of amides is 4. The topological polar surface area (TPSA) is 102 Å². The molecule has 0 aliphatic carbocycles. The number of rotatable bonds is 6. The maximum absolute atomic E-state index is 13.5. The summed E-state index contributed by atoms with van der Waals surface area (Å²) < 4.78 is 5.53. The fraction of sp³-hybridized carbons (Fsp3) is 0.444. The minimum Gasteiger partial charge on any atom is -0.444 e. The van der Waals surface area contributed by atoms with Gasteiger partial charge in [-0.15, -0.1) is 0 Å². The first-order valence-corrected chi connectivity index (χ1v) is 16.3. The standard InChI is InChI=1S/C36H41N5O5/c1-36(2,3)46-35(45)40-17-15-39(16-18-40)26-21-38(22-26)20-24-9-7-23(8-10-24)19-25-11-12-29-32-27(25)5-4-6-28(32)34(44)41(29)30-13-14-31(42)37-33(30)43/h4-12,26,30H,13-22H2,1-3H3,(H,37,42,43). The van der Waals surface area contributed by atoms with Crippen molar-refractivity contribution in [2.75, 3.05) is 44.2 Å². The maximum atomic E-state index is 13.5. The minimum atomic E-state index is -0.685. The van der Waals surface area contributed by atoms with Gasteiger partial charge in [-0.2, -0.15) is 0 Å². The second-order valence-electron chi connectivity index (χ2n) is 14.0. The number of carbonyl (C=O) groups is 4. The number of piperazine rings is 1. The molecule has 10 heteroatoms. The largest absolute Gasteiger partial charge is 0.444 e. The molecule has 1 atom stereocenters. The molecule has 7 rings (SSSR count). The lowest BCUT2D eigenvalue weighted by atomic mass is 9.95. The van der Waals surface area contributed by atoms with Crippen LogP contribution in [0.3, 0.4) is 0 Å². The van der Waals surface area contributed by atoms with Crippen molar-refractivity contribution in [1.82, 2.24) is 20.0 Å². The Balaban J connectivity index is 0.951. The zero-order valence-electron chi connectivity index (χ0n) is 26.8. The molecular weight excluding hydrogens is 582 g/mol. The zero-order valence-corrected chi connectivity index (χ0v) is 26.8. The van der Waals surface area contributed by atoms with Crippen LogP contribution in [-0.4, -0.2) is 95.5 Å². The quantitative estimate of drug-likeness (QED) is 0.415. The van der Waals surface area contributed by atoms with Crippen LogP contribution in [0, 0.1) is 0 Å². The predicted molar refractivity (Wildman–Crippen MR) is 175 cm³/mol. The number of piperidine rings is 1. The molecule has 10 nitrogen and oxygen atoms in total. The number of hydrogen-bond acceptors (Lipinski definition) is 7. The highest BCUT2D eigenvalue weighted by Crippen LogP contribution is 2.41. The van der Waals surface area contributed by atoms with Crippen LogP contribution in [0.25, 0.3) is 10.8 Å². The third-order valence-corrected chi connectivity index (χ3v) is 9.58. The highest BCUT2D eigenvalue weighted by molar-refractivity contribution is 6.27. The molecule has 0 saturated carbocycles. The van der Waals surface area contributed by atoms with Gasteiger partial charge < -0.3 is 9.64 Å². The number of hydrogen-bond donors (Lipinski definition) is 1. The lowest BCUT2D eigenvalue weighted by molar-refractivity contribution is -0.134. The van der Waals surface area contributed by atoms with Gasteiger partial charge >= 0.3 is 6.09 Å². The van der Waals surface area contributed by atoms with Crippen LogP contribution in [0.5, 0.6) is 0 Å². The van der Waals surface area contributed by atoms with Crippen LogP contribution >= 0.6 is 0 Å². The molecule has 0 radical (unpaired) electrons. The van der Waals surface area contributed by atoms with Crippen molar-refractivity contribution in [3.63, 3.8) is 0 Å². The van der Waals surface area contributed by atoms with E-state index in [9.17, 15) is 19.2 Å². The van der Waals surface area contributed by atoms with Crippen molar-refractivity contribution in [2.24, 2.45) is 0 Å². The third-order valence-electron chi connectivity index (χ3n) is 9.58. The fourth-order valence-corrected chi connectivity index (χ4v) is 7.20. The Morgan fingerprint density at radius 1 is 0.913 bits per heavy atom. The SMILES string of the molecule is CC(C)(C)OC(=O)N1CCN(C2CN(Cc3ccc(Cc4ccc5c6c(cccc46)C(=O)N5C4CCC(=O)NC4=O)cc3)C2)CC1. The van der Waals surface area contributed by atoms with Crippen molar-refractivity contribution >= 4 is 40.3 Å². The first kappa shape index (κ1) is 30.4. The first-order chi connectivity index (χ1) is 22.0. The number of benzene rings is 3. The number of ether oxygens (including phenoxy) is 1. The van der Waals surface area contributed by atoms with E-state index in [0.29, 0.717) is 31.1 Å². The number of nitrogens with one attached hydrogen (secondary N) is 1. The highest BCUT2D eigenvalue weighted by atomic mass is 16.6. The summed E-state index contributed by atoms with van der Waals surface area (Å²) in [6.45, 7) is 11.9. The number of anilines is 1. The van der Waals surface area contributed by atoms with E-state index in [1.54, 1.807) is 4.90 Å². The van der Waals surface area contributed by atoms with Gasteiger partial charge in [0, 0.05) is 69.2 Å². The summed E-state index contributed by atoms with van der Waals surface area (Å²) in [6.07, 6.45) is 1.06. The van der Waals surface area contributed by atoms with E-state index in [-0.39, 0.29) is 24.3 Å². The van der Waals surface area contributed by atoms with Crippen LogP contribution in [0.2, 0.25) is 0 Å². The summed E-state index contributed by atoms with van der Waals surface area (Å²) in [5.41, 5.74) is 4.48. The van der Waals surface area contributed by atoms with Crippen molar-refractivity contribution < 1.29 is 23.9 Å². The van der Waals surface area contributed by atoms with E-state index in [2.05, 4.69) is 45.4 Å². The number of nitrogens with zero attached hydrogens (tertiary/aromatic N) is 4. The third kappa shape index (κ3) is 5.87. The van der Waals surface area contributed by atoms with E-state index >= 15 is 0 Å². The summed E-state index contributed by atoms with van der Waals surface area (Å²) in [4.78, 5) is 58.5. The van der Waals surface area contributed by atoms with Crippen molar-refractivity contribution in [3.8, 4) is 0 Å². The van der Waals surface area contributed by atoms with Crippen LogP contribution in [0.15, 0.2) is 54.6 Å². The van der Waals surface area contributed by atoms with Gasteiger partial charge in [0.05, 0.1) is 5.69 Å².